The molecule has 7 nitrogen and oxygen atoms in total. The Kier molecular flexibility index (Phi) is 14.5. The molecule has 0 aliphatic heterocycles. The summed E-state index contributed by atoms with van der Waals surface area (Å²) in [5, 5.41) is 17.0. The molecule has 0 unspecified atom stereocenters. The number of benzene rings is 12. The minimum Gasteiger partial charge on any atom is -0.309 e. The Hall–Kier alpha value is -12.3. The molecule has 0 amide bonds. The number of hydrogen-bond acceptors (Lipinski definition) is 1. The van der Waals surface area contributed by atoms with Crippen molar-refractivity contribution in [1.29, 1.82) is 5.26 Å². The Balaban J connectivity index is 0.000000160. The number of aryl methyl sites for hydroxylation is 4. The standard InChI is InChI=1S/C41H25F6N3.C41H25F3N4/c1-23-15-17-28-26-9-4-6-13-32(26)49(34(28)19-23)36-21-25(40(42,43)44)22-37(39(36)38-30(41(45,46)47)11-8-12-31(38)48-3)50-33-14-7-5-10-27(33)29-18-16-24(2)20-35(29)50;1-24-15-17-29-27-9-4-6-13-33(27)47(35(29)19-24)37-21-26(23-45)22-38(40(37)39-31(41(42,43)44)11-8-12-32(39)46-3)48-34-14-7-5-10-28(34)30-18-16-25(2)20-36(30)48/h4-22H,1-2H3;4-22H,1-2H3. The summed E-state index contributed by atoms with van der Waals surface area (Å²) in [4.78, 5) is 7.18. The summed E-state index contributed by atoms with van der Waals surface area (Å²) in [5.74, 6) is 0. The van der Waals surface area contributed by atoms with Crippen LogP contribution >= 0.6 is 0 Å². The summed E-state index contributed by atoms with van der Waals surface area (Å²) < 4.78 is 143. The van der Waals surface area contributed by atoms with Crippen LogP contribution in [0, 0.1) is 52.2 Å². The van der Waals surface area contributed by atoms with Gasteiger partial charge in [0.05, 0.1) is 108 Å². The van der Waals surface area contributed by atoms with Crippen molar-refractivity contribution in [3.05, 3.63) is 298 Å². The van der Waals surface area contributed by atoms with Crippen molar-refractivity contribution in [3.63, 3.8) is 0 Å². The average molecular weight is 1300 g/mol. The Morgan fingerprint density at radius 3 is 0.847 bits per heavy atom. The van der Waals surface area contributed by atoms with Gasteiger partial charge in [-0.3, -0.25) is 0 Å². The zero-order valence-electron chi connectivity index (χ0n) is 52.5. The number of aromatic nitrogens is 4. The van der Waals surface area contributed by atoms with Crippen molar-refractivity contribution in [2.24, 2.45) is 0 Å². The molecule has 0 aliphatic carbocycles. The number of fused-ring (bicyclic) bond motifs is 12. The number of halogens is 9. The maximum absolute atomic E-state index is 15.1. The molecule has 16 heteroatoms. The van der Waals surface area contributed by atoms with Gasteiger partial charge in [0.1, 0.15) is 0 Å². The number of para-hydroxylation sites is 4. The smallest absolute Gasteiger partial charge is 0.309 e. The van der Waals surface area contributed by atoms with Gasteiger partial charge in [0, 0.05) is 65.3 Å². The second kappa shape index (κ2) is 23.0. The van der Waals surface area contributed by atoms with E-state index in [0.717, 1.165) is 118 Å². The second-order valence-corrected chi connectivity index (χ2v) is 24.5. The summed E-state index contributed by atoms with van der Waals surface area (Å²) in [7, 11) is 0. The molecule has 0 saturated heterocycles. The molecule has 0 spiro atoms. The molecule has 0 radical (unpaired) electrons. The van der Waals surface area contributed by atoms with E-state index in [0.29, 0.717) is 33.4 Å². The third kappa shape index (κ3) is 9.96. The lowest BCUT2D eigenvalue weighted by atomic mass is 9.92. The van der Waals surface area contributed by atoms with Crippen LogP contribution in [0.3, 0.4) is 0 Å². The maximum Gasteiger partial charge on any atom is 0.416 e. The lowest BCUT2D eigenvalue weighted by Crippen LogP contribution is -2.13. The van der Waals surface area contributed by atoms with Crippen molar-refractivity contribution in [2.45, 2.75) is 46.2 Å². The van der Waals surface area contributed by atoms with Gasteiger partial charge >= 0.3 is 18.5 Å². The molecular weight excluding hydrogens is 1250 g/mol. The fourth-order valence-electron chi connectivity index (χ4n) is 14.3. The van der Waals surface area contributed by atoms with Gasteiger partial charge in [-0.05, 0) is 123 Å². The molecule has 16 rings (SSSR count). The van der Waals surface area contributed by atoms with E-state index in [1.54, 1.807) is 57.7 Å². The molecule has 12 aromatic carbocycles. The highest BCUT2D eigenvalue weighted by molar-refractivity contribution is 6.15. The predicted molar refractivity (Wildman–Crippen MR) is 372 cm³/mol. The first kappa shape index (κ1) is 61.8. The van der Waals surface area contributed by atoms with Crippen LogP contribution in [0.5, 0.6) is 0 Å². The van der Waals surface area contributed by atoms with Gasteiger partial charge in [-0.2, -0.15) is 44.8 Å². The third-order valence-electron chi connectivity index (χ3n) is 18.4. The van der Waals surface area contributed by atoms with Crippen LogP contribution < -0.4 is 0 Å². The summed E-state index contributed by atoms with van der Waals surface area (Å²) in [5.41, 5.74) is 5.26. The zero-order valence-corrected chi connectivity index (χ0v) is 52.5. The van der Waals surface area contributed by atoms with Crippen molar-refractivity contribution >= 4 is 98.6 Å². The first-order chi connectivity index (χ1) is 47.1. The average Bonchev–Trinajstić information content (AvgIpc) is 1.48. The fourth-order valence-corrected chi connectivity index (χ4v) is 14.3. The second-order valence-electron chi connectivity index (χ2n) is 24.5. The van der Waals surface area contributed by atoms with Gasteiger partial charge in [-0.1, -0.05) is 158 Å². The summed E-state index contributed by atoms with van der Waals surface area (Å²) in [6.07, 6.45) is -14.6. The highest BCUT2D eigenvalue weighted by atomic mass is 19.4. The van der Waals surface area contributed by atoms with Gasteiger partial charge < -0.3 is 18.3 Å². The highest BCUT2D eigenvalue weighted by Crippen LogP contribution is 2.53. The molecule has 4 aromatic heterocycles. The van der Waals surface area contributed by atoms with E-state index in [4.69, 9.17) is 13.1 Å². The molecule has 0 N–H and O–H groups in total. The molecule has 0 atom stereocenters. The first-order valence-corrected chi connectivity index (χ1v) is 31.1. The SMILES string of the molecule is [C-]#[N+]c1cccc(C(F)(F)F)c1-c1c(-n2c3ccccc3c3ccc(C)cc32)cc(C#N)cc1-n1c2ccccc2c2ccc(C)cc21.[C-]#[N+]c1cccc(C(F)(F)F)c1-c1c(-n2c3ccccc3c3ccc(C)cc32)cc(C(F)(F)F)cc1-n1c2ccccc2c2ccc(C)cc21. The summed E-state index contributed by atoms with van der Waals surface area (Å²) in [6.45, 7) is 23.7. The Bertz CT molecular complexity index is 5900. The molecule has 4 heterocycles. The van der Waals surface area contributed by atoms with Gasteiger partial charge in [-0.15, -0.1) is 0 Å². The Morgan fingerprint density at radius 2 is 0.582 bits per heavy atom. The van der Waals surface area contributed by atoms with Gasteiger partial charge in [0.2, 0.25) is 0 Å². The number of alkyl halides is 9. The van der Waals surface area contributed by atoms with Crippen molar-refractivity contribution in [2.75, 3.05) is 0 Å². The lowest BCUT2D eigenvalue weighted by molar-refractivity contribution is -0.138. The quantitative estimate of drug-likeness (QED) is 0.121. The highest BCUT2D eigenvalue weighted by Gasteiger charge is 2.41. The van der Waals surface area contributed by atoms with E-state index in [1.807, 2.05) is 170 Å². The van der Waals surface area contributed by atoms with Crippen LogP contribution in [0.15, 0.2) is 231 Å². The van der Waals surface area contributed by atoms with E-state index in [1.165, 1.54) is 18.2 Å². The Labute approximate surface area is 554 Å². The van der Waals surface area contributed by atoms with Crippen LogP contribution in [-0.4, -0.2) is 18.3 Å². The molecule has 98 heavy (non-hydrogen) atoms. The van der Waals surface area contributed by atoms with E-state index >= 15 is 39.5 Å². The fraction of sp³-hybridized carbons (Fsp3) is 0.0854. The van der Waals surface area contributed by atoms with Crippen LogP contribution in [0.1, 0.15) is 44.5 Å². The maximum atomic E-state index is 15.1. The van der Waals surface area contributed by atoms with Crippen molar-refractivity contribution in [1.82, 2.24) is 18.3 Å². The van der Waals surface area contributed by atoms with E-state index in [-0.39, 0.29) is 45.0 Å². The van der Waals surface area contributed by atoms with E-state index < -0.39 is 40.8 Å². The minimum absolute atomic E-state index is 0.133. The molecule has 0 aliphatic rings. The third-order valence-corrected chi connectivity index (χ3v) is 18.4. The molecule has 0 fully saturated rings. The van der Waals surface area contributed by atoms with Gasteiger partial charge in [0.15, 0.2) is 11.4 Å². The Morgan fingerprint density at radius 1 is 0.306 bits per heavy atom. The van der Waals surface area contributed by atoms with Crippen molar-refractivity contribution in [3.8, 4) is 51.1 Å². The monoisotopic (exact) mass is 1300 g/mol. The van der Waals surface area contributed by atoms with E-state index in [2.05, 4.69) is 15.8 Å². The molecule has 0 bridgehead atoms. The predicted octanol–water partition coefficient (Wildman–Crippen LogP) is 24.4. The molecule has 0 saturated carbocycles. The molecule has 476 valence electrons. The topological polar surface area (TPSA) is 52.2 Å². The van der Waals surface area contributed by atoms with Crippen LogP contribution in [0.25, 0.3) is 142 Å². The number of rotatable bonds is 6. The number of nitrogens with zero attached hydrogens (tertiary/aromatic N) is 7. The van der Waals surface area contributed by atoms with Gasteiger partial charge in [-0.25, -0.2) is 9.69 Å². The zero-order chi connectivity index (χ0) is 68.4. The van der Waals surface area contributed by atoms with Crippen LogP contribution in [-0.2, 0) is 18.5 Å². The normalized spacial score (nSPS) is 12.1. The molecular formula is C82H50F9N7. The summed E-state index contributed by atoms with van der Waals surface area (Å²) >= 11 is 0. The number of hydrogen-bond donors (Lipinski definition) is 0. The first-order valence-electron chi connectivity index (χ1n) is 31.1. The number of nitriles is 1. The largest absolute Gasteiger partial charge is 0.416 e. The lowest BCUT2D eigenvalue weighted by Gasteiger charge is -2.25. The van der Waals surface area contributed by atoms with Crippen LogP contribution in [0.2, 0.25) is 0 Å². The van der Waals surface area contributed by atoms with Gasteiger partial charge in [0.25, 0.3) is 0 Å². The van der Waals surface area contributed by atoms with Crippen molar-refractivity contribution < 1.29 is 39.5 Å². The van der Waals surface area contributed by atoms with E-state index in [9.17, 15) is 5.26 Å². The molecule has 16 aromatic rings. The summed E-state index contributed by atoms with van der Waals surface area (Å²) in [6, 6.07) is 67.3. The minimum atomic E-state index is -4.94. The van der Waals surface area contributed by atoms with Crippen LogP contribution in [0.4, 0.5) is 50.9 Å².